The predicted molar refractivity (Wildman–Crippen MR) is 63.9 cm³/mol. The SMILES string of the molecule is CC.COS(C)(O)c1ccc(C)cc1. The third-order valence-corrected chi connectivity index (χ3v) is 3.58. The fourth-order valence-corrected chi connectivity index (χ4v) is 1.72. The molecule has 1 atom stereocenters. The third-order valence-electron chi connectivity index (χ3n) is 1.78. The van der Waals surface area contributed by atoms with Crippen LogP contribution in [0.3, 0.4) is 0 Å². The lowest BCUT2D eigenvalue weighted by Gasteiger charge is -2.32. The normalized spacial score (nSPS) is 16.1. The minimum Gasteiger partial charge on any atom is -0.295 e. The maximum absolute atomic E-state index is 9.75. The fraction of sp³-hybridized carbons (Fsp3) is 0.455. The van der Waals surface area contributed by atoms with E-state index in [1.54, 1.807) is 6.26 Å². The predicted octanol–water partition coefficient (Wildman–Crippen LogP) is 3.85. The topological polar surface area (TPSA) is 29.5 Å². The Morgan fingerprint density at radius 2 is 1.57 bits per heavy atom. The van der Waals surface area contributed by atoms with Crippen LogP contribution in [0.2, 0.25) is 0 Å². The Bertz CT molecular complexity index is 254. The summed E-state index contributed by atoms with van der Waals surface area (Å²) in [5, 5.41) is 0. The summed E-state index contributed by atoms with van der Waals surface area (Å²) >= 11 is 0. The van der Waals surface area contributed by atoms with Gasteiger partial charge in [-0.25, -0.2) is 0 Å². The van der Waals surface area contributed by atoms with Crippen molar-refractivity contribution in [3.63, 3.8) is 0 Å². The van der Waals surface area contributed by atoms with Crippen molar-refractivity contribution in [2.45, 2.75) is 25.7 Å². The fourth-order valence-electron chi connectivity index (χ4n) is 0.887. The van der Waals surface area contributed by atoms with E-state index in [0.29, 0.717) is 0 Å². The first-order chi connectivity index (χ1) is 6.56. The van der Waals surface area contributed by atoms with Crippen molar-refractivity contribution in [2.75, 3.05) is 13.4 Å². The third kappa shape index (κ3) is 3.70. The Hall–Kier alpha value is -0.510. The monoisotopic (exact) mass is 216 g/mol. The zero-order chi connectivity index (χ0) is 11.2. The van der Waals surface area contributed by atoms with Crippen molar-refractivity contribution in [1.82, 2.24) is 0 Å². The van der Waals surface area contributed by atoms with Crippen LogP contribution < -0.4 is 0 Å². The summed E-state index contributed by atoms with van der Waals surface area (Å²) < 4.78 is 14.7. The number of hydrogen-bond donors (Lipinski definition) is 1. The second-order valence-corrected chi connectivity index (χ2v) is 5.19. The molecule has 0 saturated heterocycles. The maximum Gasteiger partial charge on any atom is 0.0608 e. The van der Waals surface area contributed by atoms with Gasteiger partial charge in [0.25, 0.3) is 0 Å². The molecule has 0 aliphatic heterocycles. The second-order valence-electron chi connectivity index (χ2n) is 2.78. The lowest BCUT2D eigenvalue weighted by Crippen LogP contribution is -1.98. The number of aryl methyl sites for hydroxylation is 1. The van der Waals surface area contributed by atoms with Gasteiger partial charge in [-0.1, -0.05) is 31.5 Å². The van der Waals surface area contributed by atoms with Crippen LogP contribution in [0.5, 0.6) is 0 Å². The van der Waals surface area contributed by atoms with Crippen LogP contribution in [0.4, 0.5) is 0 Å². The van der Waals surface area contributed by atoms with Crippen LogP contribution in [-0.2, 0) is 4.18 Å². The van der Waals surface area contributed by atoms with E-state index in [0.717, 1.165) is 4.90 Å². The molecule has 0 fully saturated rings. The number of benzene rings is 1. The van der Waals surface area contributed by atoms with Gasteiger partial charge in [0.05, 0.1) is 12.0 Å². The first-order valence-corrected chi connectivity index (χ1v) is 6.61. The molecule has 0 spiro atoms. The molecular weight excluding hydrogens is 196 g/mol. The molecule has 1 aromatic rings. The molecular formula is C11H20O2S. The summed E-state index contributed by atoms with van der Waals surface area (Å²) in [6.07, 6.45) is 1.71. The van der Waals surface area contributed by atoms with Gasteiger partial charge in [-0.05, 0) is 19.1 Å². The highest BCUT2D eigenvalue weighted by Gasteiger charge is 2.10. The molecule has 0 aromatic heterocycles. The molecule has 0 amide bonds. The Morgan fingerprint density at radius 1 is 1.14 bits per heavy atom. The largest absolute Gasteiger partial charge is 0.295 e. The molecule has 1 N–H and O–H groups in total. The molecule has 2 nitrogen and oxygen atoms in total. The first-order valence-electron chi connectivity index (χ1n) is 4.69. The highest BCUT2D eigenvalue weighted by atomic mass is 32.3. The van der Waals surface area contributed by atoms with Gasteiger partial charge in [-0.15, -0.1) is 0 Å². The first kappa shape index (κ1) is 13.5. The van der Waals surface area contributed by atoms with Crippen molar-refractivity contribution in [3.8, 4) is 0 Å². The van der Waals surface area contributed by atoms with E-state index in [1.807, 2.05) is 45.0 Å². The molecule has 82 valence electrons. The van der Waals surface area contributed by atoms with Crippen molar-refractivity contribution in [3.05, 3.63) is 29.8 Å². The molecule has 1 rings (SSSR count). The van der Waals surface area contributed by atoms with Gasteiger partial charge in [-0.3, -0.25) is 8.74 Å². The van der Waals surface area contributed by atoms with E-state index in [-0.39, 0.29) is 0 Å². The van der Waals surface area contributed by atoms with Crippen LogP contribution in [0.15, 0.2) is 29.2 Å². The lowest BCUT2D eigenvalue weighted by atomic mass is 10.2. The minimum absolute atomic E-state index is 0.857. The van der Waals surface area contributed by atoms with Gasteiger partial charge in [0.15, 0.2) is 0 Å². The van der Waals surface area contributed by atoms with E-state index in [2.05, 4.69) is 0 Å². The second kappa shape index (κ2) is 6.06. The Labute approximate surface area is 88.6 Å². The van der Waals surface area contributed by atoms with Gasteiger partial charge >= 0.3 is 0 Å². The van der Waals surface area contributed by atoms with Crippen LogP contribution in [0.25, 0.3) is 0 Å². The number of hydrogen-bond acceptors (Lipinski definition) is 2. The summed E-state index contributed by atoms with van der Waals surface area (Å²) in [5.41, 5.74) is 1.19. The zero-order valence-corrected chi connectivity index (χ0v) is 10.4. The summed E-state index contributed by atoms with van der Waals surface area (Å²) in [4.78, 5) is 0.857. The summed E-state index contributed by atoms with van der Waals surface area (Å²) in [7, 11) is -0.492. The highest BCUT2D eigenvalue weighted by molar-refractivity contribution is 8.24. The molecule has 14 heavy (non-hydrogen) atoms. The Balaban J connectivity index is 0.000000791. The van der Waals surface area contributed by atoms with Crippen LogP contribution in [0, 0.1) is 6.92 Å². The van der Waals surface area contributed by atoms with Gasteiger partial charge in [-0.2, -0.15) is 10.6 Å². The molecule has 0 bridgehead atoms. The Kier molecular flexibility index (Phi) is 5.84. The Morgan fingerprint density at radius 3 is 1.93 bits per heavy atom. The molecule has 1 unspecified atom stereocenters. The quantitative estimate of drug-likeness (QED) is 0.813. The van der Waals surface area contributed by atoms with Crippen LogP contribution in [-0.4, -0.2) is 17.9 Å². The van der Waals surface area contributed by atoms with E-state index in [4.69, 9.17) is 4.18 Å². The van der Waals surface area contributed by atoms with E-state index in [9.17, 15) is 4.55 Å². The van der Waals surface area contributed by atoms with Crippen molar-refractivity contribution < 1.29 is 8.74 Å². The summed E-state index contributed by atoms with van der Waals surface area (Å²) in [5.74, 6) is 0. The molecule has 0 radical (unpaired) electrons. The molecule has 0 aliphatic carbocycles. The van der Waals surface area contributed by atoms with Crippen molar-refractivity contribution in [1.29, 1.82) is 0 Å². The lowest BCUT2D eigenvalue weighted by molar-refractivity contribution is 0.401. The average molecular weight is 216 g/mol. The van der Waals surface area contributed by atoms with Crippen molar-refractivity contribution >= 4 is 10.6 Å². The number of rotatable bonds is 2. The molecule has 0 saturated carbocycles. The molecule has 3 heteroatoms. The van der Waals surface area contributed by atoms with Crippen LogP contribution >= 0.6 is 10.6 Å². The van der Waals surface area contributed by atoms with E-state index in [1.165, 1.54) is 12.7 Å². The van der Waals surface area contributed by atoms with Crippen molar-refractivity contribution in [2.24, 2.45) is 0 Å². The molecule has 0 aliphatic rings. The van der Waals surface area contributed by atoms with E-state index < -0.39 is 10.6 Å². The summed E-state index contributed by atoms with van der Waals surface area (Å²) in [6, 6.07) is 7.73. The van der Waals surface area contributed by atoms with E-state index >= 15 is 0 Å². The highest BCUT2D eigenvalue weighted by Crippen LogP contribution is 2.48. The zero-order valence-electron chi connectivity index (χ0n) is 9.57. The molecule has 0 heterocycles. The maximum atomic E-state index is 9.75. The smallest absolute Gasteiger partial charge is 0.0608 e. The van der Waals surface area contributed by atoms with Crippen LogP contribution in [0.1, 0.15) is 19.4 Å². The summed E-state index contributed by atoms with van der Waals surface area (Å²) in [6.45, 7) is 6.01. The van der Waals surface area contributed by atoms with Gasteiger partial charge in [0, 0.05) is 6.26 Å². The van der Waals surface area contributed by atoms with Gasteiger partial charge < -0.3 is 0 Å². The van der Waals surface area contributed by atoms with Gasteiger partial charge in [0.1, 0.15) is 0 Å². The standard InChI is InChI=1S/C9H14O2S.C2H6/c1-8-4-6-9(7-5-8)12(3,10)11-2;1-2/h4-7,10H,1-3H3;1-2H3. The van der Waals surface area contributed by atoms with Gasteiger partial charge in [0.2, 0.25) is 0 Å². The average Bonchev–Trinajstić information content (AvgIpc) is 2.21. The molecule has 1 aromatic carbocycles. The minimum atomic E-state index is -2.01.